The Morgan fingerprint density at radius 2 is 2.00 bits per heavy atom. The molecule has 2 N–H and O–H groups in total. The van der Waals surface area contributed by atoms with E-state index in [9.17, 15) is 9.90 Å². The number of hydrogen-bond donors (Lipinski definition) is 2. The maximum atomic E-state index is 11.6. The van der Waals surface area contributed by atoms with Crippen molar-refractivity contribution < 1.29 is 9.90 Å². The van der Waals surface area contributed by atoms with Gasteiger partial charge in [0.15, 0.2) is 0 Å². The van der Waals surface area contributed by atoms with Crippen molar-refractivity contribution in [1.82, 2.24) is 14.7 Å². The highest BCUT2D eigenvalue weighted by molar-refractivity contribution is 6.31. The summed E-state index contributed by atoms with van der Waals surface area (Å²) in [4.78, 5) is 18.3. The van der Waals surface area contributed by atoms with Crippen LogP contribution in [0.15, 0.2) is 24.8 Å². The van der Waals surface area contributed by atoms with Crippen LogP contribution < -0.4 is 5.32 Å². The largest absolute Gasteiger partial charge is 0.506 e. The molecule has 2 heterocycles. The number of benzene rings is 1. The number of likely N-dealkylation sites (tertiary alicyclic amines) is 1. The molecule has 0 radical (unpaired) electrons. The molecule has 0 atom stereocenters. The first-order chi connectivity index (χ1) is 13.4. The van der Waals surface area contributed by atoms with Gasteiger partial charge in [-0.2, -0.15) is 0 Å². The summed E-state index contributed by atoms with van der Waals surface area (Å²) in [6, 6.07) is 4.06. The normalized spacial score (nSPS) is 18.9. The van der Waals surface area contributed by atoms with Gasteiger partial charge in [0.25, 0.3) is 0 Å². The summed E-state index contributed by atoms with van der Waals surface area (Å²) in [5.74, 6) is 0.542. The van der Waals surface area contributed by atoms with Gasteiger partial charge in [-0.1, -0.05) is 32.0 Å². The van der Waals surface area contributed by atoms with Crippen molar-refractivity contribution in [3.8, 4) is 5.75 Å². The van der Waals surface area contributed by atoms with Gasteiger partial charge in [0.05, 0.1) is 5.69 Å². The lowest BCUT2D eigenvalue weighted by Crippen LogP contribution is -2.64. The Labute approximate surface area is 172 Å². The number of nitrogens with zero attached hydrogens (tertiary/aromatic N) is 3. The standard InChI is InChI=1S/C21H31ClN4O2/c1-4-21(28)26-13-16(14-26)25-9-7-24(8-10-25)6-5-23-19-11-17(15(2)3)18(22)12-20(19)27/h4,11-12,15-16,23,27H,1,5-10,13-14H2,2-3H3. The molecule has 1 aromatic carbocycles. The Kier molecular flexibility index (Phi) is 6.86. The number of halogens is 1. The van der Waals surface area contributed by atoms with Crippen LogP contribution in [0.4, 0.5) is 5.69 Å². The smallest absolute Gasteiger partial charge is 0.246 e. The van der Waals surface area contributed by atoms with Crippen LogP contribution in [-0.2, 0) is 4.79 Å². The third kappa shape index (κ3) is 4.80. The number of rotatable bonds is 7. The second kappa shape index (κ2) is 9.16. The Bertz CT molecular complexity index is 711. The maximum Gasteiger partial charge on any atom is 0.246 e. The number of carbonyl (C=O) groups excluding carboxylic acids is 1. The molecule has 1 amide bonds. The predicted octanol–water partition coefficient (Wildman–Crippen LogP) is 2.60. The molecular weight excluding hydrogens is 376 g/mol. The quantitative estimate of drug-likeness (QED) is 0.538. The molecule has 154 valence electrons. The molecule has 0 aliphatic carbocycles. The van der Waals surface area contributed by atoms with Crippen molar-refractivity contribution >= 4 is 23.2 Å². The van der Waals surface area contributed by atoms with Gasteiger partial charge >= 0.3 is 0 Å². The van der Waals surface area contributed by atoms with Gasteiger partial charge < -0.3 is 15.3 Å². The Morgan fingerprint density at radius 3 is 2.61 bits per heavy atom. The van der Waals surface area contributed by atoms with Gasteiger partial charge in [0, 0.05) is 69.5 Å². The molecule has 1 aromatic rings. The van der Waals surface area contributed by atoms with Crippen LogP contribution in [0.5, 0.6) is 5.75 Å². The van der Waals surface area contributed by atoms with Crippen molar-refractivity contribution in [2.75, 3.05) is 57.7 Å². The number of carbonyl (C=O) groups is 1. The van der Waals surface area contributed by atoms with E-state index in [0.29, 0.717) is 17.0 Å². The van der Waals surface area contributed by atoms with E-state index in [1.165, 1.54) is 6.08 Å². The van der Waals surface area contributed by atoms with E-state index in [4.69, 9.17) is 11.6 Å². The minimum absolute atomic E-state index is 0.0343. The number of anilines is 1. The third-order valence-corrected chi connectivity index (χ3v) is 6.08. The van der Waals surface area contributed by atoms with Crippen LogP contribution in [0.25, 0.3) is 0 Å². The lowest BCUT2D eigenvalue weighted by molar-refractivity contribution is -0.133. The lowest BCUT2D eigenvalue weighted by atomic mass is 10.0. The summed E-state index contributed by atoms with van der Waals surface area (Å²) in [6.07, 6.45) is 1.39. The van der Waals surface area contributed by atoms with Gasteiger partial charge in [-0.05, 0) is 23.6 Å². The summed E-state index contributed by atoms with van der Waals surface area (Å²) in [7, 11) is 0. The van der Waals surface area contributed by atoms with E-state index in [1.54, 1.807) is 6.07 Å². The zero-order valence-corrected chi connectivity index (χ0v) is 17.6. The Hall–Kier alpha value is -1.76. The maximum absolute atomic E-state index is 11.6. The van der Waals surface area contributed by atoms with Crippen molar-refractivity contribution in [2.24, 2.45) is 0 Å². The molecular formula is C21H31ClN4O2. The van der Waals surface area contributed by atoms with Gasteiger partial charge in [0.2, 0.25) is 5.91 Å². The number of aromatic hydroxyl groups is 1. The van der Waals surface area contributed by atoms with Crippen molar-refractivity contribution in [3.05, 3.63) is 35.4 Å². The van der Waals surface area contributed by atoms with Crippen molar-refractivity contribution in [3.63, 3.8) is 0 Å². The van der Waals surface area contributed by atoms with E-state index < -0.39 is 0 Å². The lowest BCUT2D eigenvalue weighted by Gasteiger charge is -2.47. The summed E-state index contributed by atoms with van der Waals surface area (Å²) in [5, 5.41) is 14.1. The zero-order chi connectivity index (χ0) is 20.3. The molecule has 7 heteroatoms. The number of piperazine rings is 1. The van der Waals surface area contributed by atoms with Crippen LogP contribution in [0.1, 0.15) is 25.3 Å². The monoisotopic (exact) mass is 406 g/mol. The fraction of sp³-hybridized carbons (Fsp3) is 0.571. The second-order valence-electron chi connectivity index (χ2n) is 7.95. The highest BCUT2D eigenvalue weighted by atomic mass is 35.5. The minimum Gasteiger partial charge on any atom is -0.506 e. The van der Waals surface area contributed by atoms with E-state index in [-0.39, 0.29) is 11.7 Å². The molecule has 0 spiro atoms. The average molecular weight is 407 g/mol. The summed E-state index contributed by atoms with van der Waals surface area (Å²) in [6.45, 7) is 15.2. The first-order valence-electron chi connectivity index (χ1n) is 10.0. The van der Waals surface area contributed by atoms with Crippen LogP contribution in [-0.4, -0.2) is 84.1 Å². The zero-order valence-electron chi connectivity index (χ0n) is 16.8. The Balaban J connectivity index is 1.40. The number of phenols is 1. The average Bonchev–Trinajstić information content (AvgIpc) is 2.63. The van der Waals surface area contributed by atoms with E-state index in [0.717, 1.165) is 63.6 Å². The van der Waals surface area contributed by atoms with E-state index >= 15 is 0 Å². The van der Waals surface area contributed by atoms with E-state index in [2.05, 4.69) is 35.5 Å². The second-order valence-corrected chi connectivity index (χ2v) is 8.36. The van der Waals surface area contributed by atoms with Crippen LogP contribution in [0, 0.1) is 0 Å². The molecule has 28 heavy (non-hydrogen) atoms. The van der Waals surface area contributed by atoms with Gasteiger partial charge in [-0.3, -0.25) is 14.6 Å². The molecule has 3 rings (SSSR count). The summed E-state index contributed by atoms with van der Waals surface area (Å²) < 4.78 is 0. The van der Waals surface area contributed by atoms with Crippen LogP contribution in [0.2, 0.25) is 5.02 Å². The molecule has 2 aliphatic rings. The first-order valence-corrected chi connectivity index (χ1v) is 10.4. The minimum atomic E-state index is 0.0343. The molecule has 2 saturated heterocycles. The van der Waals surface area contributed by atoms with Crippen LogP contribution in [0.3, 0.4) is 0 Å². The third-order valence-electron chi connectivity index (χ3n) is 5.75. The number of amides is 1. The SMILES string of the molecule is C=CC(=O)N1CC(N2CCN(CCNc3cc(C(C)C)c(Cl)cc3O)CC2)C1. The predicted molar refractivity (Wildman–Crippen MR) is 114 cm³/mol. The number of nitrogens with one attached hydrogen (secondary N) is 1. The van der Waals surface area contributed by atoms with Gasteiger partial charge in [-0.25, -0.2) is 0 Å². The van der Waals surface area contributed by atoms with Gasteiger partial charge in [0.1, 0.15) is 5.75 Å². The summed E-state index contributed by atoms with van der Waals surface area (Å²) >= 11 is 6.22. The molecule has 0 aromatic heterocycles. The number of phenolic OH excluding ortho intramolecular Hbond substituents is 1. The molecule has 2 fully saturated rings. The molecule has 0 bridgehead atoms. The first kappa shape index (κ1) is 21.0. The molecule has 0 saturated carbocycles. The van der Waals surface area contributed by atoms with Crippen molar-refractivity contribution in [1.29, 1.82) is 0 Å². The van der Waals surface area contributed by atoms with Gasteiger partial charge in [-0.15, -0.1) is 0 Å². The summed E-state index contributed by atoms with van der Waals surface area (Å²) in [5.41, 5.74) is 1.79. The highest BCUT2D eigenvalue weighted by Crippen LogP contribution is 2.34. The van der Waals surface area contributed by atoms with Crippen molar-refractivity contribution in [2.45, 2.75) is 25.8 Å². The fourth-order valence-corrected chi connectivity index (χ4v) is 4.24. The Morgan fingerprint density at radius 1 is 1.32 bits per heavy atom. The molecule has 2 aliphatic heterocycles. The highest BCUT2D eigenvalue weighted by Gasteiger charge is 2.34. The molecule has 0 unspecified atom stereocenters. The van der Waals surface area contributed by atoms with Crippen LogP contribution >= 0.6 is 11.6 Å². The number of hydrogen-bond acceptors (Lipinski definition) is 5. The fourth-order valence-electron chi connectivity index (χ4n) is 3.86. The molecule has 6 nitrogen and oxygen atoms in total. The topological polar surface area (TPSA) is 59.1 Å². The van der Waals surface area contributed by atoms with E-state index in [1.807, 2.05) is 11.0 Å².